The van der Waals surface area contributed by atoms with Gasteiger partial charge < -0.3 is 14.9 Å². The molecule has 2 fully saturated rings. The van der Waals surface area contributed by atoms with Crippen LogP contribution < -0.4 is 0 Å². The van der Waals surface area contributed by atoms with Gasteiger partial charge in [-0.15, -0.1) is 0 Å². The number of piperidine rings is 2. The second kappa shape index (κ2) is 6.02. The van der Waals surface area contributed by atoms with Crippen molar-refractivity contribution in [1.29, 1.82) is 0 Å². The molecule has 114 valence electrons. The Morgan fingerprint density at radius 2 is 2.00 bits per heavy atom. The highest BCUT2D eigenvalue weighted by Gasteiger charge is 2.43. The minimum absolute atomic E-state index is 0.0379. The molecule has 0 saturated carbocycles. The van der Waals surface area contributed by atoms with E-state index < -0.39 is 11.4 Å². The van der Waals surface area contributed by atoms with E-state index in [0.717, 1.165) is 25.8 Å². The number of carboxylic acid groups (broad SMARTS) is 1. The number of urea groups is 1. The molecule has 5 nitrogen and oxygen atoms in total. The molecule has 2 unspecified atom stereocenters. The third-order valence-electron chi connectivity index (χ3n) is 5.03. The van der Waals surface area contributed by atoms with Crippen molar-refractivity contribution in [2.24, 2.45) is 5.41 Å². The molecule has 20 heavy (non-hydrogen) atoms. The number of rotatable bonds is 2. The lowest BCUT2D eigenvalue weighted by atomic mass is 9.78. The van der Waals surface area contributed by atoms with Gasteiger partial charge in [-0.3, -0.25) is 4.79 Å². The van der Waals surface area contributed by atoms with E-state index in [0.29, 0.717) is 25.9 Å². The molecule has 0 bridgehead atoms. The maximum atomic E-state index is 12.6. The van der Waals surface area contributed by atoms with E-state index in [1.165, 1.54) is 6.42 Å². The molecule has 0 aromatic carbocycles. The first-order valence-electron chi connectivity index (χ1n) is 7.79. The molecule has 2 aliphatic heterocycles. The standard InChI is InChI=1S/C15H26N2O3/c1-3-15(13(18)19)8-6-9-16(11-15)14(20)17-10-5-4-7-12(17)2/h12H,3-11H2,1-2H3,(H,18,19). The first-order chi connectivity index (χ1) is 9.50. The third kappa shape index (κ3) is 2.76. The lowest BCUT2D eigenvalue weighted by Crippen LogP contribution is -2.55. The van der Waals surface area contributed by atoms with Crippen LogP contribution in [0.4, 0.5) is 4.79 Å². The molecule has 2 atom stereocenters. The Hall–Kier alpha value is -1.26. The molecule has 0 aromatic heterocycles. The molecule has 2 rings (SSSR count). The zero-order valence-electron chi connectivity index (χ0n) is 12.6. The Morgan fingerprint density at radius 3 is 2.60 bits per heavy atom. The van der Waals surface area contributed by atoms with Crippen molar-refractivity contribution in [2.75, 3.05) is 19.6 Å². The summed E-state index contributed by atoms with van der Waals surface area (Å²) in [5.74, 6) is -0.760. The van der Waals surface area contributed by atoms with Crippen LogP contribution in [-0.4, -0.2) is 52.6 Å². The zero-order valence-corrected chi connectivity index (χ0v) is 12.6. The highest BCUT2D eigenvalue weighted by molar-refractivity contribution is 5.79. The molecule has 0 spiro atoms. The van der Waals surface area contributed by atoms with Crippen LogP contribution in [0.5, 0.6) is 0 Å². The van der Waals surface area contributed by atoms with Crippen LogP contribution in [0, 0.1) is 5.41 Å². The van der Waals surface area contributed by atoms with Gasteiger partial charge in [-0.2, -0.15) is 0 Å². The Kier molecular flexibility index (Phi) is 4.55. The topological polar surface area (TPSA) is 60.9 Å². The quantitative estimate of drug-likeness (QED) is 0.846. The van der Waals surface area contributed by atoms with E-state index in [1.807, 2.05) is 11.8 Å². The fourth-order valence-corrected chi connectivity index (χ4v) is 3.47. The number of aliphatic carboxylic acids is 1. The molecule has 0 radical (unpaired) electrons. The summed E-state index contributed by atoms with van der Waals surface area (Å²) < 4.78 is 0. The van der Waals surface area contributed by atoms with Crippen molar-refractivity contribution in [2.45, 2.75) is 58.4 Å². The molecule has 5 heteroatoms. The number of hydrogen-bond acceptors (Lipinski definition) is 2. The number of carbonyl (C=O) groups excluding carboxylic acids is 1. The van der Waals surface area contributed by atoms with Crippen LogP contribution in [-0.2, 0) is 4.79 Å². The first kappa shape index (κ1) is 15.1. The number of likely N-dealkylation sites (tertiary alicyclic amines) is 2. The number of carboxylic acids is 1. The van der Waals surface area contributed by atoms with Gasteiger partial charge in [0.05, 0.1) is 5.41 Å². The van der Waals surface area contributed by atoms with Crippen LogP contribution in [0.15, 0.2) is 0 Å². The van der Waals surface area contributed by atoms with E-state index >= 15 is 0 Å². The summed E-state index contributed by atoms with van der Waals surface area (Å²) in [5.41, 5.74) is -0.743. The summed E-state index contributed by atoms with van der Waals surface area (Å²) in [6, 6.07) is 0.315. The van der Waals surface area contributed by atoms with Gasteiger partial charge in [-0.1, -0.05) is 6.92 Å². The van der Waals surface area contributed by atoms with Crippen LogP contribution in [0.3, 0.4) is 0 Å². The van der Waals surface area contributed by atoms with Crippen LogP contribution >= 0.6 is 0 Å². The minimum atomic E-state index is -0.760. The van der Waals surface area contributed by atoms with Crippen molar-refractivity contribution in [1.82, 2.24) is 9.80 Å². The average Bonchev–Trinajstić information content (AvgIpc) is 2.47. The van der Waals surface area contributed by atoms with E-state index in [2.05, 4.69) is 6.92 Å². The van der Waals surface area contributed by atoms with Crippen LogP contribution in [0.1, 0.15) is 52.4 Å². The van der Waals surface area contributed by atoms with Gasteiger partial charge in [0.15, 0.2) is 0 Å². The minimum Gasteiger partial charge on any atom is -0.481 e. The summed E-state index contributed by atoms with van der Waals surface area (Å²) in [6.45, 7) is 5.86. The molecule has 1 N–H and O–H groups in total. The predicted molar refractivity (Wildman–Crippen MR) is 76.6 cm³/mol. The van der Waals surface area contributed by atoms with E-state index in [1.54, 1.807) is 4.90 Å². The zero-order chi connectivity index (χ0) is 14.8. The van der Waals surface area contributed by atoms with E-state index in [9.17, 15) is 14.7 Å². The maximum Gasteiger partial charge on any atom is 0.320 e. The van der Waals surface area contributed by atoms with Gasteiger partial charge in [0, 0.05) is 25.7 Å². The SMILES string of the molecule is CCC1(C(=O)O)CCCN(C(=O)N2CCCCC2C)C1. The molecule has 0 aliphatic carbocycles. The first-order valence-corrected chi connectivity index (χ1v) is 7.79. The van der Waals surface area contributed by atoms with Crippen molar-refractivity contribution in [3.8, 4) is 0 Å². The maximum absolute atomic E-state index is 12.6. The third-order valence-corrected chi connectivity index (χ3v) is 5.03. The fraction of sp³-hybridized carbons (Fsp3) is 0.867. The second-order valence-electron chi connectivity index (χ2n) is 6.28. The van der Waals surface area contributed by atoms with Crippen LogP contribution in [0.2, 0.25) is 0 Å². The van der Waals surface area contributed by atoms with Gasteiger partial charge in [-0.05, 0) is 45.4 Å². The smallest absolute Gasteiger partial charge is 0.320 e. The number of amides is 2. The van der Waals surface area contributed by atoms with Crippen molar-refractivity contribution >= 4 is 12.0 Å². The monoisotopic (exact) mass is 282 g/mol. The highest BCUT2D eigenvalue weighted by atomic mass is 16.4. The van der Waals surface area contributed by atoms with E-state index in [-0.39, 0.29) is 12.1 Å². The predicted octanol–water partition coefficient (Wildman–Crippen LogP) is 2.56. The molecule has 2 aliphatic rings. The second-order valence-corrected chi connectivity index (χ2v) is 6.28. The fourth-order valence-electron chi connectivity index (χ4n) is 3.47. The van der Waals surface area contributed by atoms with Gasteiger partial charge in [0.2, 0.25) is 0 Å². The van der Waals surface area contributed by atoms with Crippen molar-refractivity contribution in [3.05, 3.63) is 0 Å². The van der Waals surface area contributed by atoms with Gasteiger partial charge in [0.25, 0.3) is 0 Å². The molecule has 2 amide bonds. The lowest BCUT2D eigenvalue weighted by molar-refractivity contribution is -0.152. The molecule has 2 heterocycles. The number of carbonyl (C=O) groups is 2. The lowest BCUT2D eigenvalue weighted by Gasteiger charge is -2.43. The number of hydrogen-bond donors (Lipinski definition) is 1. The van der Waals surface area contributed by atoms with Gasteiger partial charge in [-0.25, -0.2) is 4.79 Å². The molecular weight excluding hydrogens is 256 g/mol. The summed E-state index contributed by atoms with van der Waals surface area (Å²) in [7, 11) is 0. The average molecular weight is 282 g/mol. The summed E-state index contributed by atoms with van der Waals surface area (Å²) in [6.07, 6.45) is 5.34. The highest BCUT2D eigenvalue weighted by Crippen LogP contribution is 2.34. The molecular formula is C15H26N2O3. The van der Waals surface area contributed by atoms with E-state index in [4.69, 9.17) is 0 Å². The Labute approximate surface area is 120 Å². The normalized spacial score (nSPS) is 31.2. The van der Waals surface area contributed by atoms with Crippen LogP contribution in [0.25, 0.3) is 0 Å². The summed E-state index contributed by atoms with van der Waals surface area (Å²) in [5, 5.41) is 9.50. The van der Waals surface area contributed by atoms with Gasteiger partial charge >= 0.3 is 12.0 Å². The Balaban J connectivity index is 2.08. The molecule has 2 saturated heterocycles. The Bertz CT molecular complexity index is 385. The largest absolute Gasteiger partial charge is 0.481 e. The summed E-state index contributed by atoms with van der Waals surface area (Å²) in [4.78, 5) is 27.9. The van der Waals surface area contributed by atoms with Gasteiger partial charge in [0.1, 0.15) is 0 Å². The number of nitrogens with zero attached hydrogens (tertiary/aromatic N) is 2. The van der Waals surface area contributed by atoms with Crippen molar-refractivity contribution in [3.63, 3.8) is 0 Å². The molecule has 0 aromatic rings. The summed E-state index contributed by atoms with van der Waals surface area (Å²) >= 11 is 0. The Morgan fingerprint density at radius 1 is 1.25 bits per heavy atom. The van der Waals surface area contributed by atoms with Crippen molar-refractivity contribution < 1.29 is 14.7 Å².